The number of fused-ring (bicyclic) bond motifs is 1. The molecule has 1 heterocycles. The Hall–Kier alpha value is -2.19. The van der Waals surface area contributed by atoms with Crippen molar-refractivity contribution >= 4 is 11.8 Å². The summed E-state index contributed by atoms with van der Waals surface area (Å²) in [6.07, 6.45) is 0.638. The van der Waals surface area contributed by atoms with Crippen LogP contribution in [0.3, 0.4) is 0 Å². The number of nitrogens with zero attached hydrogens (tertiary/aromatic N) is 1. The van der Waals surface area contributed by atoms with E-state index in [1.165, 1.54) is 18.2 Å². The van der Waals surface area contributed by atoms with Gasteiger partial charge in [-0.05, 0) is 24.6 Å². The van der Waals surface area contributed by atoms with Gasteiger partial charge in [0.15, 0.2) is 0 Å². The molecular formula is C15H12FNO3. The number of halogens is 1. The van der Waals surface area contributed by atoms with Crippen LogP contribution in [0.4, 0.5) is 4.39 Å². The number of amides is 2. The van der Waals surface area contributed by atoms with E-state index in [0.29, 0.717) is 12.0 Å². The third-order valence-corrected chi connectivity index (χ3v) is 3.64. The Morgan fingerprint density at radius 1 is 1.30 bits per heavy atom. The van der Waals surface area contributed by atoms with Gasteiger partial charge in [0.25, 0.3) is 0 Å². The van der Waals surface area contributed by atoms with Crippen LogP contribution in [0.15, 0.2) is 18.2 Å². The summed E-state index contributed by atoms with van der Waals surface area (Å²) in [6.45, 7) is -0.329. The molecule has 1 aliphatic carbocycles. The normalized spacial score (nSPS) is 23.4. The van der Waals surface area contributed by atoms with Crippen LogP contribution in [0.5, 0.6) is 0 Å². The zero-order valence-corrected chi connectivity index (χ0v) is 10.6. The van der Waals surface area contributed by atoms with Gasteiger partial charge in [0, 0.05) is 11.1 Å². The van der Waals surface area contributed by atoms with E-state index in [0.717, 1.165) is 4.90 Å². The van der Waals surface area contributed by atoms with E-state index >= 15 is 0 Å². The first kappa shape index (κ1) is 12.8. The summed E-state index contributed by atoms with van der Waals surface area (Å²) in [5, 5.41) is 8.64. The number of aliphatic hydroxyl groups is 1. The van der Waals surface area contributed by atoms with Gasteiger partial charge in [-0.1, -0.05) is 11.8 Å². The number of likely N-dealkylation sites (tertiary alicyclic amines) is 1. The lowest BCUT2D eigenvalue weighted by Crippen LogP contribution is -2.32. The first-order chi connectivity index (χ1) is 9.61. The van der Waals surface area contributed by atoms with E-state index in [2.05, 4.69) is 11.8 Å². The van der Waals surface area contributed by atoms with E-state index in [9.17, 15) is 14.0 Å². The predicted molar refractivity (Wildman–Crippen MR) is 67.5 cm³/mol. The molecule has 2 unspecified atom stereocenters. The zero-order chi connectivity index (χ0) is 14.3. The minimum absolute atomic E-state index is 0.0505. The van der Waals surface area contributed by atoms with E-state index in [1.807, 2.05) is 0 Å². The highest BCUT2D eigenvalue weighted by molar-refractivity contribution is 6.08. The molecule has 2 fully saturated rings. The van der Waals surface area contributed by atoms with Crippen LogP contribution in [-0.2, 0) is 16.1 Å². The number of imide groups is 1. The molecule has 0 bridgehead atoms. The quantitative estimate of drug-likeness (QED) is 0.636. The van der Waals surface area contributed by atoms with Crippen molar-refractivity contribution in [2.24, 2.45) is 11.8 Å². The average molecular weight is 273 g/mol. The lowest BCUT2D eigenvalue weighted by molar-refractivity contribution is -0.142. The van der Waals surface area contributed by atoms with Gasteiger partial charge in [-0.3, -0.25) is 14.5 Å². The van der Waals surface area contributed by atoms with Gasteiger partial charge in [-0.2, -0.15) is 0 Å². The predicted octanol–water partition coefficient (Wildman–Crippen LogP) is 0.674. The summed E-state index contributed by atoms with van der Waals surface area (Å²) in [6, 6.07) is 4.25. The van der Waals surface area contributed by atoms with E-state index in [1.54, 1.807) is 0 Å². The van der Waals surface area contributed by atoms with E-state index in [-0.39, 0.29) is 42.4 Å². The summed E-state index contributed by atoms with van der Waals surface area (Å²) >= 11 is 0. The molecule has 2 aliphatic rings. The maximum Gasteiger partial charge on any atom is 0.233 e. The maximum atomic E-state index is 13.8. The molecule has 4 nitrogen and oxygen atoms in total. The first-order valence-electron chi connectivity index (χ1n) is 6.35. The Labute approximate surface area is 115 Å². The third-order valence-electron chi connectivity index (χ3n) is 3.64. The van der Waals surface area contributed by atoms with Crippen LogP contribution >= 0.6 is 0 Å². The molecule has 0 radical (unpaired) electrons. The van der Waals surface area contributed by atoms with Crippen LogP contribution in [-0.4, -0.2) is 28.4 Å². The number of hydrogen-bond donors (Lipinski definition) is 1. The Morgan fingerprint density at radius 3 is 2.65 bits per heavy atom. The second-order valence-electron chi connectivity index (χ2n) is 4.98. The van der Waals surface area contributed by atoms with Crippen LogP contribution in [0.1, 0.15) is 17.5 Å². The highest BCUT2D eigenvalue weighted by Gasteiger charge is 2.58. The van der Waals surface area contributed by atoms with Crippen molar-refractivity contribution < 1.29 is 19.1 Å². The van der Waals surface area contributed by atoms with Crippen molar-refractivity contribution in [1.82, 2.24) is 4.90 Å². The maximum absolute atomic E-state index is 13.8. The van der Waals surface area contributed by atoms with Crippen molar-refractivity contribution in [2.75, 3.05) is 6.61 Å². The fraction of sp³-hybridized carbons (Fsp3) is 0.333. The topological polar surface area (TPSA) is 57.6 Å². The van der Waals surface area contributed by atoms with Gasteiger partial charge in [-0.15, -0.1) is 0 Å². The van der Waals surface area contributed by atoms with Crippen molar-refractivity contribution in [3.05, 3.63) is 35.1 Å². The van der Waals surface area contributed by atoms with Crippen molar-refractivity contribution in [3.8, 4) is 11.8 Å². The molecule has 0 spiro atoms. The Morgan fingerprint density at radius 2 is 2.00 bits per heavy atom. The smallest absolute Gasteiger partial charge is 0.233 e. The lowest BCUT2D eigenvalue weighted by Gasteiger charge is -2.16. The number of carbonyl (C=O) groups is 2. The van der Waals surface area contributed by atoms with E-state index < -0.39 is 5.82 Å². The molecule has 1 N–H and O–H groups in total. The number of benzene rings is 1. The summed E-state index contributed by atoms with van der Waals surface area (Å²) < 4.78 is 13.8. The Bertz CT molecular complexity index is 639. The number of piperidine rings is 1. The number of rotatable bonds is 2. The van der Waals surface area contributed by atoms with Crippen molar-refractivity contribution in [3.63, 3.8) is 0 Å². The Balaban J connectivity index is 1.83. The molecule has 102 valence electrons. The molecule has 2 atom stereocenters. The molecule has 3 rings (SSSR count). The van der Waals surface area contributed by atoms with Crippen LogP contribution < -0.4 is 0 Å². The summed E-state index contributed by atoms with van der Waals surface area (Å²) in [4.78, 5) is 24.8. The van der Waals surface area contributed by atoms with Gasteiger partial charge in [-0.25, -0.2) is 4.39 Å². The highest BCUT2D eigenvalue weighted by atomic mass is 19.1. The van der Waals surface area contributed by atoms with Gasteiger partial charge >= 0.3 is 0 Å². The molecule has 20 heavy (non-hydrogen) atoms. The first-order valence-corrected chi connectivity index (χ1v) is 6.35. The fourth-order valence-electron chi connectivity index (χ4n) is 2.49. The number of aliphatic hydroxyl groups excluding tert-OH is 1. The van der Waals surface area contributed by atoms with Crippen LogP contribution in [0.25, 0.3) is 0 Å². The summed E-state index contributed by atoms with van der Waals surface area (Å²) in [5.41, 5.74) is 0.803. The van der Waals surface area contributed by atoms with Crippen LogP contribution in [0.2, 0.25) is 0 Å². The molecule has 2 amide bonds. The molecule has 1 saturated heterocycles. The van der Waals surface area contributed by atoms with Gasteiger partial charge in [0.05, 0.1) is 18.4 Å². The Kier molecular flexibility index (Phi) is 3.03. The number of carbonyl (C=O) groups excluding carboxylic acids is 2. The molecule has 0 aromatic heterocycles. The molecule has 1 aliphatic heterocycles. The second kappa shape index (κ2) is 4.73. The molecular weight excluding hydrogens is 261 g/mol. The monoisotopic (exact) mass is 273 g/mol. The second-order valence-corrected chi connectivity index (χ2v) is 4.98. The van der Waals surface area contributed by atoms with Crippen LogP contribution in [0, 0.1) is 29.5 Å². The van der Waals surface area contributed by atoms with Gasteiger partial charge in [0.2, 0.25) is 11.8 Å². The van der Waals surface area contributed by atoms with Gasteiger partial charge in [0.1, 0.15) is 12.4 Å². The highest BCUT2D eigenvalue weighted by Crippen LogP contribution is 2.47. The summed E-state index contributed by atoms with van der Waals surface area (Å²) in [5.74, 6) is 3.91. The SMILES string of the molecule is O=C1C2CC2C(=O)N1Cc1cc(C#CCO)ccc1F. The summed E-state index contributed by atoms with van der Waals surface area (Å²) in [7, 11) is 0. The standard InChI is InChI=1S/C15H12FNO3/c16-13-4-3-9(2-1-5-18)6-10(13)8-17-14(19)11-7-12(11)15(17)20/h3-4,6,11-12,18H,5,7-8H2. The average Bonchev–Trinajstić information content (AvgIpc) is 3.19. The lowest BCUT2D eigenvalue weighted by atomic mass is 10.1. The van der Waals surface area contributed by atoms with E-state index in [4.69, 9.17) is 5.11 Å². The van der Waals surface area contributed by atoms with Crippen molar-refractivity contribution in [2.45, 2.75) is 13.0 Å². The molecule has 5 heteroatoms. The largest absolute Gasteiger partial charge is 0.384 e. The fourth-order valence-corrected chi connectivity index (χ4v) is 2.49. The van der Waals surface area contributed by atoms with Gasteiger partial charge < -0.3 is 5.11 Å². The molecule has 1 saturated carbocycles. The third kappa shape index (κ3) is 2.08. The molecule has 1 aromatic carbocycles. The number of hydrogen-bond acceptors (Lipinski definition) is 3. The zero-order valence-electron chi connectivity index (χ0n) is 10.6. The minimum Gasteiger partial charge on any atom is -0.384 e. The molecule has 1 aromatic rings. The van der Waals surface area contributed by atoms with Crippen molar-refractivity contribution in [1.29, 1.82) is 0 Å². The minimum atomic E-state index is -0.472.